The zero-order valence-corrected chi connectivity index (χ0v) is 17.4. The normalized spacial score (nSPS) is 10.6. The number of pyridine rings is 1. The second-order valence-corrected chi connectivity index (χ2v) is 6.90. The molecule has 0 saturated carbocycles. The fourth-order valence-corrected chi connectivity index (χ4v) is 3.38. The summed E-state index contributed by atoms with van der Waals surface area (Å²) in [6.07, 6.45) is 0. The number of amides is 1. The zero-order chi connectivity index (χ0) is 22.7. The number of anilines is 1. The molecular formula is C24H19N3O5. The first kappa shape index (κ1) is 20.8. The third kappa shape index (κ3) is 4.06. The summed E-state index contributed by atoms with van der Waals surface area (Å²) in [5, 5.41) is 14.3. The van der Waals surface area contributed by atoms with Gasteiger partial charge in [-0.15, -0.1) is 0 Å². The summed E-state index contributed by atoms with van der Waals surface area (Å²) >= 11 is 0. The number of nitro benzene ring substituents is 1. The average molecular weight is 429 g/mol. The fourth-order valence-electron chi connectivity index (χ4n) is 3.38. The van der Waals surface area contributed by atoms with Crippen LogP contribution in [0.15, 0.2) is 72.8 Å². The number of benzene rings is 3. The van der Waals surface area contributed by atoms with Gasteiger partial charge in [0.2, 0.25) is 0 Å². The number of fused-ring (bicyclic) bond motifs is 1. The van der Waals surface area contributed by atoms with Crippen molar-refractivity contribution in [2.75, 3.05) is 19.5 Å². The van der Waals surface area contributed by atoms with E-state index in [-0.39, 0.29) is 11.6 Å². The van der Waals surface area contributed by atoms with Gasteiger partial charge in [0, 0.05) is 34.8 Å². The minimum atomic E-state index is -0.490. The molecule has 4 rings (SSSR count). The van der Waals surface area contributed by atoms with Gasteiger partial charge in [-0.25, -0.2) is 4.98 Å². The second-order valence-electron chi connectivity index (χ2n) is 6.90. The molecule has 0 aliphatic rings. The molecular weight excluding hydrogens is 410 g/mol. The van der Waals surface area contributed by atoms with E-state index in [1.165, 1.54) is 24.3 Å². The van der Waals surface area contributed by atoms with Crippen molar-refractivity contribution in [1.82, 2.24) is 4.98 Å². The second kappa shape index (κ2) is 8.73. The Morgan fingerprint density at radius 2 is 1.72 bits per heavy atom. The number of carbonyl (C=O) groups excluding carboxylic acids is 1. The van der Waals surface area contributed by atoms with Crippen molar-refractivity contribution in [2.45, 2.75) is 0 Å². The smallest absolute Gasteiger partial charge is 0.269 e. The molecule has 0 fully saturated rings. The van der Waals surface area contributed by atoms with Gasteiger partial charge in [-0.05, 0) is 36.4 Å². The quantitative estimate of drug-likeness (QED) is 0.339. The lowest BCUT2D eigenvalue weighted by atomic mass is 10.0. The van der Waals surface area contributed by atoms with Crippen LogP contribution >= 0.6 is 0 Å². The maximum atomic E-state index is 13.2. The van der Waals surface area contributed by atoms with Gasteiger partial charge in [0.05, 0.1) is 35.9 Å². The SMILES string of the molecule is COc1ccc(-c2cc(C(=O)Nc3ccc([N+](=O)[O-])cc3)c3ccccc3n2)c(OC)c1. The lowest BCUT2D eigenvalue weighted by Crippen LogP contribution is -2.13. The van der Waals surface area contributed by atoms with Crippen LogP contribution in [0.25, 0.3) is 22.2 Å². The predicted octanol–water partition coefficient (Wildman–Crippen LogP) is 5.08. The number of aromatic nitrogens is 1. The molecule has 1 aromatic heterocycles. The summed E-state index contributed by atoms with van der Waals surface area (Å²) in [6, 6.07) is 20.1. The van der Waals surface area contributed by atoms with Gasteiger partial charge in [0.15, 0.2) is 0 Å². The molecule has 1 heterocycles. The van der Waals surface area contributed by atoms with E-state index in [9.17, 15) is 14.9 Å². The Morgan fingerprint density at radius 1 is 0.969 bits per heavy atom. The van der Waals surface area contributed by atoms with E-state index in [2.05, 4.69) is 5.32 Å². The molecule has 0 atom stereocenters. The lowest BCUT2D eigenvalue weighted by Gasteiger charge is -2.13. The van der Waals surface area contributed by atoms with E-state index in [0.717, 1.165) is 0 Å². The molecule has 0 aliphatic carbocycles. The minimum absolute atomic E-state index is 0.0498. The van der Waals surface area contributed by atoms with Crippen molar-refractivity contribution >= 4 is 28.2 Å². The van der Waals surface area contributed by atoms with E-state index in [4.69, 9.17) is 14.5 Å². The van der Waals surface area contributed by atoms with Crippen molar-refractivity contribution in [3.63, 3.8) is 0 Å². The number of non-ortho nitro benzene ring substituents is 1. The Morgan fingerprint density at radius 3 is 2.41 bits per heavy atom. The Kier molecular flexibility index (Phi) is 5.67. The number of methoxy groups -OCH3 is 2. The molecule has 3 aromatic carbocycles. The predicted molar refractivity (Wildman–Crippen MR) is 121 cm³/mol. The maximum absolute atomic E-state index is 13.2. The van der Waals surface area contributed by atoms with Crippen LogP contribution in [0.4, 0.5) is 11.4 Å². The number of carbonyl (C=O) groups is 1. The molecule has 160 valence electrons. The highest BCUT2D eigenvalue weighted by molar-refractivity contribution is 6.13. The van der Waals surface area contributed by atoms with Crippen molar-refractivity contribution in [2.24, 2.45) is 0 Å². The van der Waals surface area contributed by atoms with E-state index in [1.54, 1.807) is 32.4 Å². The lowest BCUT2D eigenvalue weighted by molar-refractivity contribution is -0.384. The number of hydrogen-bond acceptors (Lipinski definition) is 6. The highest BCUT2D eigenvalue weighted by Crippen LogP contribution is 2.34. The zero-order valence-electron chi connectivity index (χ0n) is 17.4. The van der Waals surface area contributed by atoms with Crippen LogP contribution < -0.4 is 14.8 Å². The molecule has 0 spiro atoms. The Bertz CT molecular complexity index is 1320. The molecule has 0 unspecified atom stereocenters. The average Bonchev–Trinajstić information content (AvgIpc) is 2.83. The first-order valence-electron chi connectivity index (χ1n) is 9.68. The van der Waals surface area contributed by atoms with Gasteiger partial charge in [0.25, 0.3) is 11.6 Å². The fraction of sp³-hybridized carbons (Fsp3) is 0.0833. The molecule has 1 amide bonds. The molecule has 8 nitrogen and oxygen atoms in total. The van der Waals surface area contributed by atoms with Crippen LogP contribution in [0.3, 0.4) is 0 Å². The Hall–Kier alpha value is -4.46. The van der Waals surface area contributed by atoms with Gasteiger partial charge in [-0.1, -0.05) is 18.2 Å². The third-order valence-corrected chi connectivity index (χ3v) is 4.98. The molecule has 4 aromatic rings. The summed E-state index contributed by atoms with van der Waals surface area (Å²) in [5.74, 6) is 0.850. The molecule has 32 heavy (non-hydrogen) atoms. The monoisotopic (exact) mass is 429 g/mol. The molecule has 8 heteroatoms. The van der Waals surface area contributed by atoms with E-state index < -0.39 is 4.92 Å². The standard InChI is InChI=1S/C24H19N3O5/c1-31-17-11-12-19(23(13-17)32-2)22-14-20(18-5-3-4-6-21(18)26-22)24(28)25-15-7-9-16(10-8-15)27(29)30/h3-14H,1-2H3,(H,25,28). The van der Waals surface area contributed by atoms with Crippen LogP contribution in [0.2, 0.25) is 0 Å². The molecule has 1 N–H and O–H groups in total. The number of hydrogen-bond donors (Lipinski definition) is 1. The number of para-hydroxylation sites is 1. The van der Waals surface area contributed by atoms with E-state index >= 15 is 0 Å². The largest absolute Gasteiger partial charge is 0.497 e. The minimum Gasteiger partial charge on any atom is -0.497 e. The van der Waals surface area contributed by atoms with Crippen LogP contribution in [0, 0.1) is 10.1 Å². The van der Waals surface area contributed by atoms with E-state index in [0.29, 0.717) is 44.9 Å². The van der Waals surface area contributed by atoms with Crippen LogP contribution in [-0.2, 0) is 0 Å². The van der Waals surface area contributed by atoms with Crippen LogP contribution in [0.1, 0.15) is 10.4 Å². The first-order chi connectivity index (χ1) is 15.5. The summed E-state index contributed by atoms with van der Waals surface area (Å²) in [5.41, 5.74) is 2.75. The third-order valence-electron chi connectivity index (χ3n) is 4.98. The topological polar surface area (TPSA) is 104 Å². The number of nitro groups is 1. The van der Waals surface area contributed by atoms with Gasteiger partial charge in [-0.3, -0.25) is 14.9 Å². The molecule has 0 aliphatic heterocycles. The maximum Gasteiger partial charge on any atom is 0.269 e. The van der Waals surface area contributed by atoms with Gasteiger partial charge in [-0.2, -0.15) is 0 Å². The van der Waals surface area contributed by atoms with Crippen molar-refractivity contribution < 1.29 is 19.2 Å². The summed E-state index contributed by atoms with van der Waals surface area (Å²) in [4.78, 5) is 28.2. The summed E-state index contributed by atoms with van der Waals surface area (Å²) in [6.45, 7) is 0. The summed E-state index contributed by atoms with van der Waals surface area (Å²) in [7, 11) is 3.13. The van der Waals surface area contributed by atoms with Gasteiger partial charge in [0.1, 0.15) is 11.5 Å². The first-order valence-corrected chi connectivity index (χ1v) is 9.68. The van der Waals surface area contributed by atoms with Crippen molar-refractivity contribution in [3.8, 4) is 22.8 Å². The van der Waals surface area contributed by atoms with Crippen molar-refractivity contribution in [1.29, 1.82) is 0 Å². The summed E-state index contributed by atoms with van der Waals surface area (Å²) < 4.78 is 10.8. The van der Waals surface area contributed by atoms with Crippen LogP contribution in [0.5, 0.6) is 11.5 Å². The van der Waals surface area contributed by atoms with Gasteiger partial charge < -0.3 is 14.8 Å². The Balaban J connectivity index is 1.77. The molecule has 0 saturated heterocycles. The Labute approximate surface area is 183 Å². The highest BCUT2D eigenvalue weighted by atomic mass is 16.6. The highest BCUT2D eigenvalue weighted by Gasteiger charge is 2.17. The number of rotatable bonds is 6. The number of nitrogens with zero attached hydrogens (tertiary/aromatic N) is 2. The van der Waals surface area contributed by atoms with E-state index in [1.807, 2.05) is 30.3 Å². The van der Waals surface area contributed by atoms with Crippen molar-refractivity contribution in [3.05, 3.63) is 88.5 Å². The molecule has 0 radical (unpaired) electrons. The number of ether oxygens (including phenoxy) is 2. The molecule has 0 bridgehead atoms. The van der Waals surface area contributed by atoms with Crippen LogP contribution in [-0.4, -0.2) is 30.0 Å². The number of nitrogens with one attached hydrogen (secondary N) is 1. The van der Waals surface area contributed by atoms with Gasteiger partial charge >= 0.3 is 0 Å².